The highest BCUT2D eigenvalue weighted by Gasteiger charge is 2.18. The second-order valence-electron chi connectivity index (χ2n) is 4.81. The molecule has 0 spiro atoms. The van der Waals surface area contributed by atoms with Gasteiger partial charge in [0, 0.05) is 11.1 Å². The molecule has 4 nitrogen and oxygen atoms in total. The first-order valence-electron chi connectivity index (χ1n) is 6.62. The second kappa shape index (κ2) is 5.05. The number of aryl methyl sites for hydroxylation is 1. The Morgan fingerprint density at radius 2 is 2.00 bits per heavy atom. The van der Waals surface area contributed by atoms with E-state index in [1.807, 2.05) is 18.2 Å². The largest absolute Gasteiger partial charge is 0.497 e. The molecule has 2 aromatic rings. The zero-order chi connectivity index (χ0) is 13.2. The number of benzene rings is 1. The van der Waals surface area contributed by atoms with Gasteiger partial charge in [-0.25, -0.2) is 0 Å². The summed E-state index contributed by atoms with van der Waals surface area (Å²) in [6, 6.07) is 5.96. The Kier molecular flexibility index (Phi) is 3.25. The maximum Gasteiger partial charge on any atom is 0.119 e. The van der Waals surface area contributed by atoms with E-state index in [0.717, 1.165) is 35.2 Å². The molecule has 1 N–H and O–H groups in total. The second-order valence-corrected chi connectivity index (χ2v) is 4.81. The summed E-state index contributed by atoms with van der Waals surface area (Å²) in [5.41, 5.74) is 7.55. The smallest absolute Gasteiger partial charge is 0.119 e. The Morgan fingerprint density at radius 3 is 2.79 bits per heavy atom. The lowest BCUT2D eigenvalue weighted by Crippen LogP contribution is -2.11. The maximum absolute atomic E-state index is 5.30. The molecule has 19 heavy (non-hydrogen) atoms. The zero-order valence-corrected chi connectivity index (χ0v) is 11.3. The monoisotopic (exact) mass is 258 g/mol. The van der Waals surface area contributed by atoms with E-state index in [1.165, 1.54) is 24.1 Å². The molecular formula is C15H18N2O2. The first kappa shape index (κ1) is 12.2. The third-order valence-corrected chi connectivity index (χ3v) is 3.67. The fraction of sp³-hybridized carbons (Fsp3) is 0.400. The molecule has 4 heteroatoms. The number of pyridine rings is 1. The first-order valence-corrected chi connectivity index (χ1v) is 6.62. The molecule has 3 rings (SSSR count). The van der Waals surface area contributed by atoms with Crippen LogP contribution in [0.25, 0.3) is 10.9 Å². The highest BCUT2D eigenvalue weighted by atomic mass is 16.6. The molecule has 0 bridgehead atoms. The molecule has 1 aromatic heterocycles. The van der Waals surface area contributed by atoms with Crippen molar-refractivity contribution in [3.8, 4) is 5.75 Å². The van der Waals surface area contributed by atoms with Gasteiger partial charge in [0.25, 0.3) is 0 Å². The van der Waals surface area contributed by atoms with E-state index >= 15 is 0 Å². The van der Waals surface area contributed by atoms with Crippen LogP contribution in [0.3, 0.4) is 0 Å². The molecule has 0 saturated heterocycles. The molecule has 0 saturated carbocycles. The van der Waals surface area contributed by atoms with Gasteiger partial charge in [-0.2, -0.15) is 0 Å². The summed E-state index contributed by atoms with van der Waals surface area (Å²) in [4.78, 5) is 9.94. The highest BCUT2D eigenvalue weighted by Crippen LogP contribution is 2.34. The Balaban J connectivity index is 2.26. The Hall–Kier alpha value is -1.81. The highest BCUT2D eigenvalue weighted by molar-refractivity contribution is 5.94. The van der Waals surface area contributed by atoms with Crippen molar-refractivity contribution in [3.63, 3.8) is 0 Å². The SMILES string of the molecule is CONc1c2c(nc3ccc(OC)cc13)CCCC2. The Labute approximate surface area is 112 Å². The van der Waals surface area contributed by atoms with Gasteiger partial charge in [-0.15, -0.1) is 0 Å². The summed E-state index contributed by atoms with van der Waals surface area (Å²) < 4.78 is 5.30. The van der Waals surface area contributed by atoms with Crippen LogP contribution in [-0.2, 0) is 17.7 Å². The molecule has 100 valence electrons. The summed E-state index contributed by atoms with van der Waals surface area (Å²) in [7, 11) is 3.32. The minimum Gasteiger partial charge on any atom is -0.497 e. The number of methoxy groups -OCH3 is 1. The number of nitrogens with zero attached hydrogens (tertiary/aromatic N) is 1. The van der Waals surface area contributed by atoms with E-state index in [0.29, 0.717) is 0 Å². The van der Waals surface area contributed by atoms with Crippen LogP contribution in [0.1, 0.15) is 24.1 Å². The number of fused-ring (bicyclic) bond motifs is 2. The number of nitrogens with one attached hydrogen (secondary N) is 1. The predicted molar refractivity (Wildman–Crippen MR) is 75.6 cm³/mol. The van der Waals surface area contributed by atoms with Gasteiger partial charge in [-0.05, 0) is 49.4 Å². The summed E-state index contributed by atoms with van der Waals surface area (Å²) in [5, 5.41) is 1.06. The van der Waals surface area contributed by atoms with Crippen molar-refractivity contribution in [2.24, 2.45) is 0 Å². The van der Waals surface area contributed by atoms with Crippen LogP contribution in [0.15, 0.2) is 18.2 Å². The van der Waals surface area contributed by atoms with Gasteiger partial charge >= 0.3 is 0 Å². The van der Waals surface area contributed by atoms with Gasteiger partial charge in [-0.3, -0.25) is 15.3 Å². The van der Waals surface area contributed by atoms with Crippen molar-refractivity contribution < 1.29 is 9.57 Å². The third-order valence-electron chi connectivity index (χ3n) is 3.67. The van der Waals surface area contributed by atoms with Crippen LogP contribution in [0.5, 0.6) is 5.75 Å². The summed E-state index contributed by atoms with van der Waals surface area (Å²) in [5.74, 6) is 0.837. The van der Waals surface area contributed by atoms with Crippen molar-refractivity contribution in [2.75, 3.05) is 19.7 Å². The molecule has 0 amide bonds. The van der Waals surface area contributed by atoms with Gasteiger partial charge in [0.05, 0.1) is 25.4 Å². The number of hydrogen-bond donors (Lipinski definition) is 1. The van der Waals surface area contributed by atoms with Crippen molar-refractivity contribution >= 4 is 16.6 Å². The van der Waals surface area contributed by atoms with Crippen molar-refractivity contribution in [2.45, 2.75) is 25.7 Å². The fourth-order valence-corrected chi connectivity index (χ4v) is 2.75. The molecule has 1 aromatic carbocycles. The predicted octanol–water partition coefficient (Wildman–Crippen LogP) is 3.10. The van der Waals surface area contributed by atoms with Crippen molar-refractivity contribution in [1.82, 2.24) is 4.98 Å². The number of rotatable bonds is 3. The molecule has 0 unspecified atom stereocenters. The molecule has 1 aliphatic carbocycles. The quantitative estimate of drug-likeness (QED) is 0.859. The van der Waals surface area contributed by atoms with E-state index in [9.17, 15) is 0 Å². The summed E-state index contributed by atoms with van der Waals surface area (Å²) in [6.45, 7) is 0. The maximum atomic E-state index is 5.30. The van der Waals surface area contributed by atoms with Crippen molar-refractivity contribution in [3.05, 3.63) is 29.5 Å². The molecule has 0 atom stereocenters. The number of ether oxygens (including phenoxy) is 1. The molecule has 0 radical (unpaired) electrons. The van der Waals surface area contributed by atoms with Gasteiger partial charge in [0.1, 0.15) is 5.75 Å². The minimum atomic E-state index is 0.837. The summed E-state index contributed by atoms with van der Waals surface area (Å²) in [6.07, 6.45) is 4.54. The number of hydrogen-bond acceptors (Lipinski definition) is 4. The Morgan fingerprint density at radius 1 is 1.16 bits per heavy atom. The van der Waals surface area contributed by atoms with Crippen molar-refractivity contribution in [1.29, 1.82) is 0 Å². The zero-order valence-electron chi connectivity index (χ0n) is 11.3. The van der Waals surface area contributed by atoms with E-state index in [2.05, 4.69) is 5.48 Å². The van der Waals surface area contributed by atoms with E-state index in [1.54, 1.807) is 14.2 Å². The average molecular weight is 258 g/mol. The molecule has 0 aliphatic heterocycles. The third kappa shape index (κ3) is 2.12. The minimum absolute atomic E-state index is 0.837. The lowest BCUT2D eigenvalue weighted by atomic mass is 9.93. The van der Waals surface area contributed by atoms with E-state index in [-0.39, 0.29) is 0 Å². The normalized spacial score (nSPS) is 14.2. The fourth-order valence-electron chi connectivity index (χ4n) is 2.75. The molecule has 1 heterocycles. The molecule has 1 aliphatic rings. The molecule has 0 fully saturated rings. The number of anilines is 1. The van der Waals surface area contributed by atoms with Gasteiger partial charge < -0.3 is 4.74 Å². The lowest BCUT2D eigenvalue weighted by Gasteiger charge is -2.21. The lowest BCUT2D eigenvalue weighted by molar-refractivity contribution is 0.271. The summed E-state index contributed by atoms with van der Waals surface area (Å²) >= 11 is 0. The number of aromatic nitrogens is 1. The van der Waals surface area contributed by atoms with Gasteiger partial charge in [0.2, 0.25) is 0 Å². The van der Waals surface area contributed by atoms with Crippen LogP contribution < -0.4 is 10.2 Å². The Bertz CT molecular complexity index is 611. The molecular weight excluding hydrogens is 240 g/mol. The van der Waals surface area contributed by atoms with Gasteiger partial charge in [0.15, 0.2) is 0 Å². The van der Waals surface area contributed by atoms with Crippen LogP contribution in [-0.4, -0.2) is 19.2 Å². The van der Waals surface area contributed by atoms with Crippen LogP contribution in [0, 0.1) is 0 Å². The average Bonchev–Trinajstić information content (AvgIpc) is 2.47. The standard InChI is InChI=1S/C15H18N2O2/c1-18-10-7-8-14-12(9-10)15(17-19-2)11-5-3-4-6-13(11)16-14/h7-9H,3-6H2,1-2H3,(H,16,17). The van der Waals surface area contributed by atoms with Crippen LogP contribution in [0.2, 0.25) is 0 Å². The first-order chi connectivity index (χ1) is 9.33. The van der Waals surface area contributed by atoms with E-state index in [4.69, 9.17) is 14.6 Å². The van der Waals surface area contributed by atoms with Crippen LogP contribution in [0.4, 0.5) is 5.69 Å². The topological polar surface area (TPSA) is 43.4 Å². The van der Waals surface area contributed by atoms with E-state index < -0.39 is 0 Å². The van der Waals surface area contributed by atoms with Crippen LogP contribution >= 0.6 is 0 Å². The van der Waals surface area contributed by atoms with Gasteiger partial charge in [-0.1, -0.05) is 0 Å².